The Morgan fingerprint density at radius 1 is 1.53 bits per heavy atom. The summed E-state index contributed by atoms with van der Waals surface area (Å²) in [6.45, 7) is 5.53. The number of hydrogen-bond acceptors (Lipinski definition) is 2. The molecular weight excluding hydrogens is 270 g/mol. The van der Waals surface area contributed by atoms with Gasteiger partial charge in [0.15, 0.2) is 0 Å². The first-order valence-electron chi connectivity index (χ1n) is 5.38. The molecule has 1 heterocycles. The van der Waals surface area contributed by atoms with Crippen LogP contribution in [0.1, 0.15) is 25.5 Å². The van der Waals surface area contributed by atoms with Crippen molar-refractivity contribution in [1.29, 1.82) is 0 Å². The summed E-state index contributed by atoms with van der Waals surface area (Å²) in [7, 11) is 0. The van der Waals surface area contributed by atoms with Crippen LogP contribution >= 0.6 is 27.7 Å². The van der Waals surface area contributed by atoms with Crippen molar-refractivity contribution >= 4 is 27.7 Å². The lowest BCUT2D eigenvalue weighted by Gasteiger charge is -2.32. The molecule has 82 valence electrons. The van der Waals surface area contributed by atoms with Crippen molar-refractivity contribution in [2.24, 2.45) is 5.92 Å². The van der Waals surface area contributed by atoms with E-state index in [1.54, 1.807) is 0 Å². The van der Waals surface area contributed by atoms with Crippen LogP contribution in [0.25, 0.3) is 0 Å². The Bertz CT molecular complexity index is 353. The van der Waals surface area contributed by atoms with Crippen LogP contribution in [0.2, 0.25) is 0 Å². The van der Waals surface area contributed by atoms with E-state index < -0.39 is 0 Å². The van der Waals surface area contributed by atoms with Gasteiger partial charge < -0.3 is 5.32 Å². The molecule has 1 aliphatic rings. The molecule has 0 radical (unpaired) electrons. The molecule has 1 aromatic rings. The smallest absolute Gasteiger partial charge is 0.0365 e. The second kappa shape index (κ2) is 4.89. The van der Waals surface area contributed by atoms with Crippen LogP contribution < -0.4 is 5.32 Å². The van der Waals surface area contributed by atoms with E-state index in [0.29, 0.717) is 12.0 Å². The Labute approximate surface area is 104 Å². The largest absolute Gasteiger partial charge is 0.310 e. The van der Waals surface area contributed by atoms with Gasteiger partial charge in [0.25, 0.3) is 0 Å². The van der Waals surface area contributed by atoms with Gasteiger partial charge in [-0.25, -0.2) is 0 Å². The van der Waals surface area contributed by atoms with Crippen LogP contribution in [0.3, 0.4) is 0 Å². The maximum absolute atomic E-state index is 3.63. The molecule has 1 nitrogen and oxygen atoms in total. The number of halogens is 1. The first-order chi connectivity index (χ1) is 7.24. The predicted molar refractivity (Wildman–Crippen MR) is 70.4 cm³/mol. The van der Waals surface area contributed by atoms with Crippen LogP contribution in [-0.4, -0.2) is 12.3 Å². The zero-order valence-corrected chi connectivity index (χ0v) is 11.5. The lowest BCUT2D eigenvalue weighted by Crippen LogP contribution is -2.30. The van der Waals surface area contributed by atoms with E-state index in [4.69, 9.17) is 0 Å². The van der Waals surface area contributed by atoms with E-state index in [2.05, 4.69) is 53.3 Å². The molecule has 0 aliphatic carbocycles. The zero-order chi connectivity index (χ0) is 10.8. The molecule has 1 N–H and O–H groups in total. The van der Waals surface area contributed by atoms with Crippen molar-refractivity contribution in [3.05, 3.63) is 28.2 Å². The lowest BCUT2D eigenvalue weighted by atomic mass is 9.95. The fourth-order valence-corrected chi connectivity index (χ4v) is 3.99. The molecule has 0 amide bonds. The van der Waals surface area contributed by atoms with Crippen molar-refractivity contribution in [3.63, 3.8) is 0 Å². The van der Waals surface area contributed by atoms with Gasteiger partial charge in [-0.05, 0) is 40.0 Å². The zero-order valence-electron chi connectivity index (χ0n) is 9.09. The average molecular weight is 286 g/mol. The third-order valence-electron chi connectivity index (χ3n) is 2.82. The van der Waals surface area contributed by atoms with Crippen LogP contribution in [0.4, 0.5) is 0 Å². The summed E-state index contributed by atoms with van der Waals surface area (Å²) in [5, 5.41) is 3.58. The van der Waals surface area contributed by atoms with Gasteiger partial charge in [-0.3, -0.25) is 0 Å². The summed E-state index contributed by atoms with van der Waals surface area (Å²) < 4.78 is 1.24. The monoisotopic (exact) mass is 285 g/mol. The molecule has 2 atom stereocenters. The number of fused-ring (bicyclic) bond motifs is 1. The fraction of sp³-hybridized carbons (Fsp3) is 0.500. The molecule has 0 saturated carbocycles. The third kappa shape index (κ3) is 2.24. The third-order valence-corrected chi connectivity index (χ3v) is 5.18. The van der Waals surface area contributed by atoms with Gasteiger partial charge in [0, 0.05) is 21.2 Å². The predicted octanol–water partition coefficient (Wildman–Crippen LogP) is 3.84. The summed E-state index contributed by atoms with van der Waals surface area (Å²) in [6, 6.07) is 7.02. The maximum Gasteiger partial charge on any atom is 0.0365 e. The molecule has 3 heteroatoms. The lowest BCUT2D eigenvalue weighted by molar-refractivity contribution is 0.415. The normalized spacial score (nSPS) is 25.0. The topological polar surface area (TPSA) is 12.0 Å². The SMILES string of the molecule is CCNC1c2cccc(Br)c2SCC1C. The number of nitrogens with one attached hydrogen (secondary N) is 1. The number of benzene rings is 1. The molecule has 2 unspecified atom stereocenters. The first kappa shape index (κ1) is 11.5. The van der Waals surface area contributed by atoms with Gasteiger partial charge in [0.05, 0.1) is 0 Å². The summed E-state index contributed by atoms with van der Waals surface area (Å²) in [4.78, 5) is 1.42. The standard InChI is InChI=1S/C12H16BrNS/c1-3-14-11-8(2)7-15-12-9(11)5-4-6-10(12)13/h4-6,8,11,14H,3,7H2,1-2H3. The molecule has 0 spiro atoms. The number of rotatable bonds is 2. The molecular formula is C12H16BrNS. The van der Waals surface area contributed by atoms with Crippen LogP contribution in [0, 0.1) is 5.92 Å². The summed E-state index contributed by atoms with van der Waals surface area (Å²) >= 11 is 5.60. The summed E-state index contributed by atoms with van der Waals surface area (Å²) in [5.41, 5.74) is 1.45. The Balaban J connectivity index is 2.39. The van der Waals surface area contributed by atoms with Crippen molar-refractivity contribution < 1.29 is 0 Å². The van der Waals surface area contributed by atoms with E-state index in [1.165, 1.54) is 20.7 Å². The minimum atomic E-state index is 0.517. The second-order valence-corrected chi connectivity index (χ2v) is 5.87. The van der Waals surface area contributed by atoms with Crippen molar-refractivity contribution in [2.45, 2.75) is 24.8 Å². The highest BCUT2D eigenvalue weighted by atomic mass is 79.9. The van der Waals surface area contributed by atoms with Crippen molar-refractivity contribution in [1.82, 2.24) is 5.32 Å². The Morgan fingerprint density at radius 3 is 3.07 bits per heavy atom. The van der Waals surface area contributed by atoms with E-state index in [1.807, 2.05) is 11.8 Å². The highest BCUT2D eigenvalue weighted by Crippen LogP contribution is 2.42. The first-order valence-corrected chi connectivity index (χ1v) is 7.16. The van der Waals surface area contributed by atoms with E-state index in [9.17, 15) is 0 Å². The second-order valence-electron chi connectivity index (χ2n) is 3.98. The van der Waals surface area contributed by atoms with Gasteiger partial charge in [0.2, 0.25) is 0 Å². The minimum Gasteiger partial charge on any atom is -0.310 e. The van der Waals surface area contributed by atoms with Gasteiger partial charge >= 0.3 is 0 Å². The maximum atomic E-state index is 3.63. The van der Waals surface area contributed by atoms with Gasteiger partial charge in [-0.15, -0.1) is 11.8 Å². The molecule has 0 fully saturated rings. The highest BCUT2D eigenvalue weighted by Gasteiger charge is 2.27. The minimum absolute atomic E-state index is 0.517. The Hall–Kier alpha value is 0.01000. The molecule has 1 aliphatic heterocycles. The quantitative estimate of drug-likeness (QED) is 0.886. The fourth-order valence-electron chi connectivity index (χ4n) is 2.07. The van der Waals surface area contributed by atoms with Crippen molar-refractivity contribution in [3.8, 4) is 0 Å². The van der Waals surface area contributed by atoms with Crippen LogP contribution in [-0.2, 0) is 0 Å². The Morgan fingerprint density at radius 2 is 2.33 bits per heavy atom. The molecule has 0 bridgehead atoms. The molecule has 1 aromatic carbocycles. The summed E-state index contributed by atoms with van der Waals surface area (Å²) in [6.07, 6.45) is 0. The van der Waals surface area contributed by atoms with Gasteiger partial charge in [0.1, 0.15) is 0 Å². The van der Waals surface area contributed by atoms with Gasteiger partial charge in [-0.2, -0.15) is 0 Å². The van der Waals surface area contributed by atoms with Crippen LogP contribution in [0.5, 0.6) is 0 Å². The van der Waals surface area contributed by atoms with E-state index in [0.717, 1.165) is 6.54 Å². The van der Waals surface area contributed by atoms with E-state index in [-0.39, 0.29) is 0 Å². The van der Waals surface area contributed by atoms with E-state index >= 15 is 0 Å². The molecule has 15 heavy (non-hydrogen) atoms. The Kier molecular flexibility index (Phi) is 3.75. The molecule has 0 saturated heterocycles. The van der Waals surface area contributed by atoms with Crippen molar-refractivity contribution in [2.75, 3.05) is 12.3 Å². The van der Waals surface area contributed by atoms with Crippen LogP contribution in [0.15, 0.2) is 27.6 Å². The molecule has 2 rings (SSSR count). The molecule has 0 aromatic heterocycles. The summed E-state index contributed by atoms with van der Waals surface area (Å²) in [5.74, 6) is 1.91. The average Bonchev–Trinajstić information content (AvgIpc) is 2.23. The van der Waals surface area contributed by atoms with Gasteiger partial charge in [-0.1, -0.05) is 26.0 Å². The highest BCUT2D eigenvalue weighted by molar-refractivity contribution is 9.10. The number of thioether (sulfide) groups is 1. The number of hydrogen-bond donors (Lipinski definition) is 1.